The van der Waals surface area contributed by atoms with Gasteiger partial charge in [0.1, 0.15) is 0 Å². The second kappa shape index (κ2) is 9.57. The summed E-state index contributed by atoms with van der Waals surface area (Å²) in [4.78, 5) is 40.2. The minimum absolute atomic E-state index is 0.0262. The maximum absolute atomic E-state index is 13.9. The van der Waals surface area contributed by atoms with E-state index >= 15 is 0 Å². The lowest BCUT2D eigenvalue weighted by Gasteiger charge is -2.39. The van der Waals surface area contributed by atoms with E-state index in [1.165, 1.54) is 0 Å². The second-order valence-electron chi connectivity index (χ2n) is 9.68. The predicted molar refractivity (Wildman–Crippen MR) is 132 cm³/mol. The fraction of sp³-hybridized carbons (Fsp3) is 0.407. The number of pyridine rings is 3. The number of ether oxygens (including phenoxy) is 1. The molecule has 3 aromatic heterocycles. The van der Waals surface area contributed by atoms with E-state index in [1.54, 1.807) is 18.6 Å². The van der Waals surface area contributed by atoms with Crippen molar-refractivity contribution in [3.63, 3.8) is 0 Å². The van der Waals surface area contributed by atoms with E-state index in [4.69, 9.17) is 4.74 Å². The third kappa shape index (κ3) is 3.84. The molecule has 1 N–H and O–H groups in total. The molecule has 9 heteroatoms. The number of aliphatic hydroxyl groups is 1. The summed E-state index contributed by atoms with van der Waals surface area (Å²) in [6.45, 7) is 2.99. The van der Waals surface area contributed by atoms with Crippen LogP contribution < -0.4 is 5.56 Å². The summed E-state index contributed by atoms with van der Waals surface area (Å²) in [7, 11) is 0. The van der Waals surface area contributed by atoms with Crippen molar-refractivity contribution in [3.8, 4) is 11.1 Å². The highest BCUT2D eigenvalue weighted by molar-refractivity contribution is 5.81. The SMILES string of the molecule is O=C([C@@H]1[C@@H](CO)[C@@H]2Cn3c(ccc(-c4cccnc4)c3=O)[C@H]1N2Cc1cccnc1)N1CCOCC1. The van der Waals surface area contributed by atoms with Gasteiger partial charge in [-0.3, -0.25) is 24.5 Å². The number of hydrogen-bond acceptors (Lipinski definition) is 7. The van der Waals surface area contributed by atoms with E-state index in [2.05, 4.69) is 14.9 Å². The molecule has 36 heavy (non-hydrogen) atoms. The Hall–Kier alpha value is -3.40. The Balaban J connectivity index is 1.45. The van der Waals surface area contributed by atoms with Gasteiger partial charge in [0.05, 0.1) is 25.2 Å². The van der Waals surface area contributed by atoms with Crippen LogP contribution >= 0.6 is 0 Å². The van der Waals surface area contributed by atoms with Crippen molar-refractivity contribution in [2.45, 2.75) is 25.2 Å². The zero-order chi connectivity index (χ0) is 24.6. The van der Waals surface area contributed by atoms with Gasteiger partial charge in [-0.2, -0.15) is 0 Å². The zero-order valence-corrected chi connectivity index (χ0v) is 19.9. The summed E-state index contributed by atoms with van der Waals surface area (Å²) < 4.78 is 7.28. The van der Waals surface area contributed by atoms with Crippen molar-refractivity contribution in [1.29, 1.82) is 0 Å². The third-order valence-corrected chi connectivity index (χ3v) is 7.84. The zero-order valence-electron chi connectivity index (χ0n) is 19.9. The number of aromatic nitrogens is 3. The van der Waals surface area contributed by atoms with Crippen molar-refractivity contribution in [1.82, 2.24) is 24.3 Å². The third-order valence-electron chi connectivity index (χ3n) is 7.84. The van der Waals surface area contributed by atoms with Crippen LogP contribution in [0.1, 0.15) is 17.3 Å². The molecule has 2 saturated heterocycles. The Morgan fingerprint density at radius 1 is 1.06 bits per heavy atom. The summed E-state index contributed by atoms with van der Waals surface area (Å²) in [5.74, 6) is -0.714. The van der Waals surface area contributed by atoms with Gasteiger partial charge < -0.3 is 19.3 Å². The van der Waals surface area contributed by atoms with Crippen LogP contribution in [0.3, 0.4) is 0 Å². The van der Waals surface area contributed by atoms with Crippen LogP contribution in [0.15, 0.2) is 66.0 Å². The topological polar surface area (TPSA) is 101 Å². The molecule has 3 aliphatic heterocycles. The van der Waals surface area contributed by atoms with Crippen molar-refractivity contribution < 1.29 is 14.6 Å². The molecule has 3 aromatic rings. The van der Waals surface area contributed by atoms with Gasteiger partial charge in [-0.15, -0.1) is 0 Å². The maximum Gasteiger partial charge on any atom is 0.258 e. The van der Waals surface area contributed by atoms with Crippen molar-refractivity contribution in [2.75, 3.05) is 32.9 Å². The maximum atomic E-state index is 13.9. The highest BCUT2D eigenvalue weighted by atomic mass is 16.5. The Morgan fingerprint density at radius 3 is 2.53 bits per heavy atom. The molecule has 3 aliphatic rings. The molecule has 2 bridgehead atoms. The minimum atomic E-state index is -0.452. The summed E-state index contributed by atoms with van der Waals surface area (Å²) in [5.41, 5.74) is 3.11. The van der Waals surface area contributed by atoms with Gasteiger partial charge in [0.2, 0.25) is 5.91 Å². The standard InChI is InChI=1S/C27H29N5O4/c33-17-21-23-16-32-22(6-5-20(26(32)34)19-4-2-8-29-14-19)25(31(23)15-18-3-1-7-28-13-18)24(21)27(35)30-9-11-36-12-10-30/h1-8,13-14,21,23-25,33H,9-12,15-17H2/t21-,23-,24+,25+/m0/s1. The lowest BCUT2D eigenvalue weighted by molar-refractivity contribution is -0.142. The Bertz CT molecular complexity index is 1290. The molecule has 186 valence electrons. The number of fused-ring (bicyclic) bond motifs is 4. The Morgan fingerprint density at radius 2 is 1.83 bits per heavy atom. The van der Waals surface area contributed by atoms with E-state index in [0.717, 1.165) is 16.8 Å². The number of carbonyl (C=O) groups excluding carboxylic acids is 1. The Kier molecular flexibility index (Phi) is 6.12. The fourth-order valence-corrected chi connectivity index (χ4v) is 6.16. The molecule has 0 aliphatic carbocycles. The molecule has 6 rings (SSSR count). The molecule has 4 atom stereocenters. The minimum Gasteiger partial charge on any atom is -0.396 e. The first kappa shape index (κ1) is 23.0. The number of morpholine rings is 1. The van der Waals surface area contributed by atoms with Gasteiger partial charge >= 0.3 is 0 Å². The van der Waals surface area contributed by atoms with E-state index < -0.39 is 5.92 Å². The predicted octanol–water partition coefficient (Wildman–Crippen LogP) is 1.33. The highest BCUT2D eigenvalue weighted by Crippen LogP contribution is 2.49. The van der Waals surface area contributed by atoms with E-state index in [1.807, 2.05) is 52.1 Å². The summed E-state index contributed by atoms with van der Waals surface area (Å²) >= 11 is 0. The second-order valence-corrected chi connectivity index (χ2v) is 9.68. The molecule has 1 amide bonds. The lowest BCUT2D eigenvalue weighted by atomic mass is 9.86. The first-order valence-electron chi connectivity index (χ1n) is 12.4. The number of amides is 1. The normalized spacial score (nSPS) is 25.5. The van der Waals surface area contributed by atoms with E-state index in [-0.39, 0.29) is 36.1 Å². The molecule has 2 fully saturated rings. The van der Waals surface area contributed by atoms with Crippen LogP contribution in [0.4, 0.5) is 0 Å². The highest BCUT2D eigenvalue weighted by Gasteiger charge is 2.56. The quantitative estimate of drug-likeness (QED) is 0.580. The van der Waals surface area contributed by atoms with Crippen LogP contribution in [0.2, 0.25) is 0 Å². The van der Waals surface area contributed by atoms with Crippen molar-refractivity contribution >= 4 is 5.91 Å². The molecule has 0 spiro atoms. The molecule has 0 saturated carbocycles. The van der Waals surface area contributed by atoms with Gasteiger partial charge in [-0.25, -0.2) is 0 Å². The fourth-order valence-electron chi connectivity index (χ4n) is 6.16. The van der Waals surface area contributed by atoms with E-state index in [9.17, 15) is 14.7 Å². The average molecular weight is 488 g/mol. The number of carbonyl (C=O) groups is 1. The van der Waals surface area contributed by atoms with Gasteiger partial charge in [0, 0.05) is 86.4 Å². The van der Waals surface area contributed by atoms with Gasteiger partial charge in [0.15, 0.2) is 0 Å². The van der Waals surface area contributed by atoms with Gasteiger partial charge in [-0.05, 0) is 29.8 Å². The van der Waals surface area contributed by atoms with Crippen LogP contribution in [0.25, 0.3) is 11.1 Å². The number of hydrogen-bond donors (Lipinski definition) is 1. The van der Waals surface area contributed by atoms with Gasteiger partial charge in [0.25, 0.3) is 5.56 Å². The van der Waals surface area contributed by atoms with Crippen LogP contribution in [0.5, 0.6) is 0 Å². The van der Waals surface area contributed by atoms with E-state index in [0.29, 0.717) is 45.0 Å². The molecule has 9 nitrogen and oxygen atoms in total. The monoisotopic (exact) mass is 487 g/mol. The molecular weight excluding hydrogens is 458 g/mol. The van der Waals surface area contributed by atoms with Crippen molar-refractivity contribution in [2.24, 2.45) is 11.8 Å². The summed E-state index contributed by atoms with van der Waals surface area (Å²) in [6, 6.07) is 10.9. The first-order valence-corrected chi connectivity index (χ1v) is 12.4. The first-order chi connectivity index (χ1) is 17.7. The average Bonchev–Trinajstić information content (AvgIpc) is 3.13. The number of aliphatic hydroxyl groups excluding tert-OH is 1. The molecular formula is C27H29N5O4. The lowest BCUT2D eigenvalue weighted by Crippen LogP contribution is -2.47. The Labute approximate surface area is 209 Å². The molecule has 6 heterocycles. The van der Waals surface area contributed by atoms with Crippen molar-refractivity contribution in [3.05, 3.63) is 82.8 Å². The summed E-state index contributed by atoms with van der Waals surface area (Å²) in [5, 5.41) is 10.6. The number of nitrogens with zero attached hydrogens (tertiary/aromatic N) is 5. The number of rotatable bonds is 5. The van der Waals surface area contributed by atoms with Crippen LogP contribution in [-0.2, 0) is 22.6 Å². The van der Waals surface area contributed by atoms with Crippen LogP contribution in [0, 0.1) is 11.8 Å². The largest absolute Gasteiger partial charge is 0.396 e. The molecule has 0 unspecified atom stereocenters. The smallest absolute Gasteiger partial charge is 0.258 e. The molecule has 0 radical (unpaired) electrons. The van der Waals surface area contributed by atoms with Crippen LogP contribution in [-0.4, -0.2) is 74.3 Å². The summed E-state index contributed by atoms with van der Waals surface area (Å²) in [6.07, 6.45) is 6.95. The molecule has 0 aromatic carbocycles. The van der Waals surface area contributed by atoms with Gasteiger partial charge in [-0.1, -0.05) is 12.1 Å².